The highest BCUT2D eigenvalue weighted by Gasteiger charge is 2.14. The topological polar surface area (TPSA) is 54.7 Å². The minimum Gasteiger partial charge on any atom is -0.341 e. The van der Waals surface area contributed by atoms with Gasteiger partial charge in [-0.15, -0.1) is 0 Å². The fourth-order valence-electron chi connectivity index (χ4n) is 1.59. The number of rotatable bonds is 3. The van der Waals surface area contributed by atoms with Crippen LogP contribution in [0.3, 0.4) is 0 Å². The van der Waals surface area contributed by atoms with Crippen LogP contribution in [0, 0.1) is 5.92 Å². The maximum atomic E-state index is 6.04. The predicted molar refractivity (Wildman–Crippen MR) is 65.8 cm³/mol. The van der Waals surface area contributed by atoms with E-state index in [4.69, 9.17) is 5.73 Å². The van der Waals surface area contributed by atoms with Gasteiger partial charge in [-0.2, -0.15) is 0 Å². The Labute approximate surface area is 95.7 Å². The Bertz CT molecular complexity index is 445. The van der Waals surface area contributed by atoms with Crippen LogP contribution >= 0.6 is 0 Å². The number of nitrogens with zero attached hydrogens (tertiary/aromatic N) is 1. The predicted octanol–water partition coefficient (Wildman–Crippen LogP) is 2.73. The number of imidazole rings is 1. The molecule has 1 aromatic carbocycles. The van der Waals surface area contributed by atoms with Crippen molar-refractivity contribution < 1.29 is 0 Å². The van der Waals surface area contributed by atoms with Gasteiger partial charge in [-0.25, -0.2) is 4.98 Å². The van der Waals surface area contributed by atoms with E-state index in [2.05, 4.69) is 35.9 Å². The molecule has 3 heteroatoms. The second-order valence-corrected chi connectivity index (χ2v) is 4.32. The van der Waals surface area contributed by atoms with Crippen molar-refractivity contribution in [1.29, 1.82) is 0 Å². The molecule has 0 aliphatic rings. The molecule has 0 unspecified atom stereocenters. The number of hydrogen-bond donors (Lipinski definition) is 2. The number of benzene rings is 1. The maximum Gasteiger partial charge on any atom is 0.123 e. The number of nitrogens with one attached hydrogen (secondary N) is 1. The lowest BCUT2D eigenvalue weighted by atomic mass is 10.1. The molecule has 0 bridgehead atoms. The van der Waals surface area contributed by atoms with E-state index in [9.17, 15) is 0 Å². The zero-order valence-electron chi connectivity index (χ0n) is 9.64. The smallest absolute Gasteiger partial charge is 0.123 e. The van der Waals surface area contributed by atoms with Crippen LogP contribution in [-0.4, -0.2) is 9.97 Å². The third-order valence-electron chi connectivity index (χ3n) is 2.71. The van der Waals surface area contributed by atoms with E-state index in [0.717, 1.165) is 17.1 Å². The van der Waals surface area contributed by atoms with E-state index in [1.54, 1.807) is 0 Å². The Balaban J connectivity index is 2.27. The average molecular weight is 215 g/mol. The Morgan fingerprint density at radius 1 is 1.19 bits per heavy atom. The maximum absolute atomic E-state index is 6.04. The standard InChI is InChI=1S/C13H17N3/c1-9(2)12(14)13-15-8-11(16-13)10-6-4-3-5-7-10/h3-9,12H,14H2,1-2H3,(H,15,16)/t12-/m0/s1. The average Bonchev–Trinajstić information content (AvgIpc) is 2.78. The van der Waals surface area contributed by atoms with Gasteiger partial charge in [-0.1, -0.05) is 44.2 Å². The second-order valence-electron chi connectivity index (χ2n) is 4.32. The van der Waals surface area contributed by atoms with Crippen molar-refractivity contribution in [2.45, 2.75) is 19.9 Å². The summed E-state index contributed by atoms with van der Waals surface area (Å²) >= 11 is 0. The van der Waals surface area contributed by atoms with Crippen LogP contribution in [0.25, 0.3) is 11.3 Å². The molecule has 2 rings (SSSR count). The van der Waals surface area contributed by atoms with E-state index in [-0.39, 0.29) is 6.04 Å². The molecule has 0 fully saturated rings. The van der Waals surface area contributed by atoms with Crippen molar-refractivity contribution in [1.82, 2.24) is 9.97 Å². The number of hydrogen-bond acceptors (Lipinski definition) is 2. The fraction of sp³-hybridized carbons (Fsp3) is 0.308. The van der Waals surface area contributed by atoms with Gasteiger partial charge in [0.1, 0.15) is 5.82 Å². The minimum atomic E-state index is -0.0301. The lowest BCUT2D eigenvalue weighted by Crippen LogP contribution is -2.18. The highest BCUT2D eigenvalue weighted by atomic mass is 15.0. The first-order chi connectivity index (χ1) is 7.68. The summed E-state index contributed by atoms with van der Waals surface area (Å²) in [6.07, 6.45) is 1.84. The Hall–Kier alpha value is -1.61. The number of aromatic nitrogens is 2. The normalized spacial score (nSPS) is 13.0. The van der Waals surface area contributed by atoms with Gasteiger partial charge in [0.25, 0.3) is 0 Å². The molecule has 16 heavy (non-hydrogen) atoms. The summed E-state index contributed by atoms with van der Waals surface area (Å²) in [5.41, 5.74) is 8.19. The third kappa shape index (κ3) is 2.14. The fourth-order valence-corrected chi connectivity index (χ4v) is 1.59. The summed E-state index contributed by atoms with van der Waals surface area (Å²) in [5, 5.41) is 0. The van der Waals surface area contributed by atoms with Crippen LogP contribution in [0.4, 0.5) is 0 Å². The number of aromatic amines is 1. The van der Waals surface area contributed by atoms with Crippen molar-refractivity contribution >= 4 is 0 Å². The van der Waals surface area contributed by atoms with E-state index in [0.29, 0.717) is 5.92 Å². The summed E-state index contributed by atoms with van der Waals surface area (Å²) in [6.45, 7) is 4.19. The molecule has 1 aromatic heterocycles. The molecular weight excluding hydrogens is 198 g/mol. The van der Waals surface area contributed by atoms with E-state index >= 15 is 0 Å². The van der Waals surface area contributed by atoms with Crippen molar-refractivity contribution in [2.75, 3.05) is 0 Å². The first-order valence-electron chi connectivity index (χ1n) is 5.54. The van der Waals surface area contributed by atoms with E-state index in [1.807, 2.05) is 24.4 Å². The molecule has 1 heterocycles. The number of H-pyrrole nitrogens is 1. The Morgan fingerprint density at radius 3 is 2.50 bits per heavy atom. The van der Waals surface area contributed by atoms with Gasteiger partial charge >= 0.3 is 0 Å². The van der Waals surface area contributed by atoms with Crippen molar-refractivity contribution in [3.05, 3.63) is 42.4 Å². The summed E-state index contributed by atoms with van der Waals surface area (Å²) in [4.78, 5) is 7.61. The van der Waals surface area contributed by atoms with Gasteiger partial charge < -0.3 is 10.7 Å². The molecule has 3 nitrogen and oxygen atoms in total. The monoisotopic (exact) mass is 215 g/mol. The molecule has 0 radical (unpaired) electrons. The molecule has 3 N–H and O–H groups in total. The van der Waals surface area contributed by atoms with Gasteiger partial charge in [0.15, 0.2) is 0 Å². The molecular formula is C13H17N3. The highest BCUT2D eigenvalue weighted by molar-refractivity contribution is 5.58. The summed E-state index contributed by atoms with van der Waals surface area (Å²) in [7, 11) is 0. The van der Waals surface area contributed by atoms with Crippen LogP contribution in [0.15, 0.2) is 36.5 Å². The Kier molecular flexibility index (Phi) is 3.06. The SMILES string of the molecule is CC(C)[C@H](N)c1ncc(-c2ccccc2)[nH]1. The number of nitrogens with two attached hydrogens (primary N) is 1. The van der Waals surface area contributed by atoms with Crippen LogP contribution in [-0.2, 0) is 0 Å². The zero-order chi connectivity index (χ0) is 11.5. The molecule has 2 aromatic rings. The first kappa shape index (κ1) is 10.9. The van der Waals surface area contributed by atoms with Gasteiger partial charge in [0, 0.05) is 0 Å². The van der Waals surface area contributed by atoms with E-state index in [1.165, 1.54) is 0 Å². The van der Waals surface area contributed by atoms with Gasteiger partial charge in [-0.05, 0) is 11.5 Å². The van der Waals surface area contributed by atoms with Crippen LogP contribution in [0.2, 0.25) is 0 Å². The summed E-state index contributed by atoms with van der Waals surface area (Å²) < 4.78 is 0. The van der Waals surface area contributed by atoms with Crippen LogP contribution < -0.4 is 5.73 Å². The molecule has 84 valence electrons. The van der Waals surface area contributed by atoms with Gasteiger partial charge in [0.2, 0.25) is 0 Å². The first-order valence-corrected chi connectivity index (χ1v) is 5.54. The highest BCUT2D eigenvalue weighted by Crippen LogP contribution is 2.21. The molecule has 0 spiro atoms. The molecule has 0 saturated heterocycles. The largest absolute Gasteiger partial charge is 0.341 e. The lowest BCUT2D eigenvalue weighted by molar-refractivity contribution is 0.494. The molecule has 0 aliphatic carbocycles. The van der Waals surface area contributed by atoms with E-state index < -0.39 is 0 Å². The molecule has 1 atom stereocenters. The van der Waals surface area contributed by atoms with Gasteiger partial charge in [0.05, 0.1) is 17.9 Å². The second kappa shape index (κ2) is 4.49. The summed E-state index contributed by atoms with van der Waals surface area (Å²) in [6, 6.07) is 10.1. The van der Waals surface area contributed by atoms with Crippen LogP contribution in [0.5, 0.6) is 0 Å². The lowest BCUT2D eigenvalue weighted by Gasteiger charge is -2.12. The quantitative estimate of drug-likeness (QED) is 0.827. The third-order valence-corrected chi connectivity index (χ3v) is 2.71. The summed E-state index contributed by atoms with van der Waals surface area (Å²) in [5.74, 6) is 1.24. The van der Waals surface area contributed by atoms with Crippen molar-refractivity contribution in [3.8, 4) is 11.3 Å². The van der Waals surface area contributed by atoms with Crippen molar-refractivity contribution in [3.63, 3.8) is 0 Å². The van der Waals surface area contributed by atoms with Crippen LogP contribution in [0.1, 0.15) is 25.7 Å². The van der Waals surface area contributed by atoms with Gasteiger partial charge in [-0.3, -0.25) is 0 Å². The minimum absolute atomic E-state index is 0.0301. The molecule has 0 amide bonds. The van der Waals surface area contributed by atoms with Crippen molar-refractivity contribution in [2.24, 2.45) is 11.7 Å². The molecule has 0 saturated carbocycles. The molecule has 0 aliphatic heterocycles. The zero-order valence-corrected chi connectivity index (χ0v) is 9.64. The Morgan fingerprint density at radius 2 is 1.88 bits per heavy atom.